The number of nitrogen functional groups attached to an aromatic ring is 1. The van der Waals surface area contributed by atoms with Crippen molar-refractivity contribution in [3.8, 4) is 0 Å². The van der Waals surface area contributed by atoms with Crippen LogP contribution in [-0.2, 0) is 0 Å². The Balaban J connectivity index is 2.28. The normalized spacial score (nSPS) is 9.93. The van der Waals surface area contributed by atoms with E-state index in [0.717, 1.165) is 17.1 Å². The minimum Gasteiger partial charge on any atom is -0.397 e. The molecule has 3 N–H and O–H groups in total. The average molecular weight is 199 g/mol. The van der Waals surface area contributed by atoms with E-state index in [1.54, 1.807) is 12.4 Å². The van der Waals surface area contributed by atoms with Gasteiger partial charge in [-0.3, -0.25) is 4.98 Å². The van der Waals surface area contributed by atoms with Crippen LogP contribution < -0.4 is 11.1 Å². The molecular weight excluding hydrogens is 186 g/mol. The Labute approximate surface area is 89.0 Å². The van der Waals surface area contributed by atoms with Gasteiger partial charge < -0.3 is 11.1 Å². The summed E-state index contributed by atoms with van der Waals surface area (Å²) < 4.78 is 0. The molecular formula is C12H13N3. The van der Waals surface area contributed by atoms with Crippen LogP contribution in [0.25, 0.3) is 0 Å². The minimum absolute atomic E-state index is 0.740. The highest BCUT2D eigenvalue weighted by molar-refractivity contribution is 5.72. The number of hydrogen-bond acceptors (Lipinski definition) is 3. The molecule has 2 rings (SSSR count). The van der Waals surface area contributed by atoms with E-state index in [1.807, 2.05) is 37.3 Å². The summed E-state index contributed by atoms with van der Waals surface area (Å²) in [5.74, 6) is 0. The maximum Gasteiger partial charge on any atom is 0.0620 e. The smallest absolute Gasteiger partial charge is 0.0620 e. The van der Waals surface area contributed by atoms with Gasteiger partial charge in [-0.05, 0) is 36.8 Å². The molecule has 0 unspecified atom stereocenters. The van der Waals surface area contributed by atoms with Crippen LogP contribution in [0, 0.1) is 6.92 Å². The molecule has 0 aliphatic heterocycles. The van der Waals surface area contributed by atoms with Crippen LogP contribution in [-0.4, -0.2) is 4.98 Å². The van der Waals surface area contributed by atoms with Gasteiger partial charge in [0, 0.05) is 6.20 Å². The van der Waals surface area contributed by atoms with Crippen molar-refractivity contribution in [2.75, 3.05) is 11.1 Å². The standard InChI is InChI=1S/C12H13N3/c1-9-4-5-11(13)12(7-9)15-10-3-2-6-14-8-10/h2-8,15H,13H2,1H3. The number of nitrogens with one attached hydrogen (secondary N) is 1. The summed E-state index contributed by atoms with van der Waals surface area (Å²) in [7, 11) is 0. The van der Waals surface area contributed by atoms with E-state index in [4.69, 9.17) is 5.73 Å². The number of hydrogen-bond donors (Lipinski definition) is 2. The topological polar surface area (TPSA) is 50.9 Å². The summed E-state index contributed by atoms with van der Waals surface area (Å²) in [6.45, 7) is 2.04. The maximum absolute atomic E-state index is 5.85. The fraction of sp³-hybridized carbons (Fsp3) is 0.0833. The molecule has 0 aliphatic carbocycles. The summed E-state index contributed by atoms with van der Waals surface area (Å²) in [6, 6.07) is 9.74. The maximum atomic E-state index is 5.85. The largest absolute Gasteiger partial charge is 0.397 e. The van der Waals surface area contributed by atoms with Crippen LogP contribution >= 0.6 is 0 Å². The molecule has 1 aromatic carbocycles. The molecule has 15 heavy (non-hydrogen) atoms. The first-order valence-corrected chi connectivity index (χ1v) is 4.79. The fourth-order valence-electron chi connectivity index (χ4n) is 1.37. The van der Waals surface area contributed by atoms with Crippen molar-refractivity contribution in [2.24, 2.45) is 0 Å². The molecule has 0 amide bonds. The number of rotatable bonds is 2. The summed E-state index contributed by atoms with van der Waals surface area (Å²) >= 11 is 0. The van der Waals surface area contributed by atoms with Gasteiger partial charge >= 0.3 is 0 Å². The highest BCUT2D eigenvalue weighted by Gasteiger charge is 1.99. The van der Waals surface area contributed by atoms with E-state index in [1.165, 1.54) is 5.56 Å². The zero-order valence-electron chi connectivity index (χ0n) is 8.57. The van der Waals surface area contributed by atoms with Crippen molar-refractivity contribution in [1.29, 1.82) is 0 Å². The SMILES string of the molecule is Cc1ccc(N)c(Nc2cccnc2)c1. The van der Waals surface area contributed by atoms with Gasteiger partial charge in [0.05, 0.1) is 23.3 Å². The molecule has 0 fully saturated rings. The molecule has 3 heteroatoms. The number of pyridine rings is 1. The van der Waals surface area contributed by atoms with Gasteiger partial charge in [-0.1, -0.05) is 6.07 Å². The zero-order valence-corrected chi connectivity index (χ0v) is 8.57. The molecule has 0 atom stereocenters. The van der Waals surface area contributed by atoms with Gasteiger partial charge in [0.1, 0.15) is 0 Å². The Kier molecular flexibility index (Phi) is 2.54. The number of nitrogens with zero attached hydrogens (tertiary/aromatic N) is 1. The molecule has 0 saturated carbocycles. The van der Waals surface area contributed by atoms with E-state index in [9.17, 15) is 0 Å². The van der Waals surface area contributed by atoms with E-state index in [-0.39, 0.29) is 0 Å². The molecule has 0 spiro atoms. The van der Waals surface area contributed by atoms with Gasteiger partial charge in [0.2, 0.25) is 0 Å². The van der Waals surface area contributed by atoms with Gasteiger partial charge in [-0.25, -0.2) is 0 Å². The molecule has 76 valence electrons. The summed E-state index contributed by atoms with van der Waals surface area (Å²) in [5.41, 5.74) is 9.63. The van der Waals surface area contributed by atoms with Crippen molar-refractivity contribution in [2.45, 2.75) is 6.92 Å². The van der Waals surface area contributed by atoms with Crippen molar-refractivity contribution in [3.63, 3.8) is 0 Å². The Bertz CT molecular complexity index is 452. The molecule has 2 aromatic rings. The van der Waals surface area contributed by atoms with Gasteiger partial charge in [0.15, 0.2) is 0 Å². The predicted molar refractivity (Wildman–Crippen MR) is 63.1 cm³/mol. The summed E-state index contributed by atoms with van der Waals surface area (Å²) in [4.78, 5) is 4.03. The predicted octanol–water partition coefficient (Wildman–Crippen LogP) is 2.72. The Morgan fingerprint density at radius 3 is 2.87 bits per heavy atom. The first kappa shape index (κ1) is 9.52. The van der Waals surface area contributed by atoms with E-state index in [2.05, 4.69) is 10.3 Å². The Hall–Kier alpha value is -2.03. The highest BCUT2D eigenvalue weighted by Crippen LogP contribution is 2.23. The zero-order chi connectivity index (χ0) is 10.7. The number of aromatic nitrogens is 1. The third kappa shape index (κ3) is 2.26. The lowest BCUT2D eigenvalue weighted by atomic mass is 10.2. The third-order valence-corrected chi connectivity index (χ3v) is 2.15. The Morgan fingerprint density at radius 2 is 2.13 bits per heavy atom. The van der Waals surface area contributed by atoms with E-state index >= 15 is 0 Å². The van der Waals surface area contributed by atoms with Crippen LogP contribution in [0.4, 0.5) is 17.1 Å². The van der Waals surface area contributed by atoms with Gasteiger partial charge in [-0.15, -0.1) is 0 Å². The first-order chi connectivity index (χ1) is 7.25. The Morgan fingerprint density at radius 1 is 1.27 bits per heavy atom. The summed E-state index contributed by atoms with van der Waals surface area (Å²) in [6.07, 6.45) is 3.51. The molecule has 0 saturated heterocycles. The second kappa shape index (κ2) is 4.00. The lowest BCUT2D eigenvalue weighted by Crippen LogP contribution is -1.96. The van der Waals surface area contributed by atoms with Gasteiger partial charge in [0.25, 0.3) is 0 Å². The van der Waals surface area contributed by atoms with Gasteiger partial charge in [-0.2, -0.15) is 0 Å². The van der Waals surface area contributed by atoms with Crippen LogP contribution in [0.3, 0.4) is 0 Å². The van der Waals surface area contributed by atoms with E-state index < -0.39 is 0 Å². The summed E-state index contributed by atoms with van der Waals surface area (Å²) in [5, 5.41) is 3.23. The lowest BCUT2D eigenvalue weighted by molar-refractivity contribution is 1.32. The van der Waals surface area contributed by atoms with Crippen LogP contribution in [0.15, 0.2) is 42.7 Å². The third-order valence-electron chi connectivity index (χ3n) is 2.15. The number of benzene rings is 1. The molecule has 3 nitrogen and oxygen atoms in total. The average Bonchev–Trinajstić information content (AvgIpc) is 2.25. The molecule has 0 bridgehead atoms. The second-order valence-electron chi connectivity index (χ2n) is 3.46. The highest BCUT2D eigenvalue weighted by atomic mass is 14.9. The monoisotopic (exact) mass is 199 g/mol. The number of nitrogens with two attached hydrogens (primary N) is 1. The number of aryl methyl sites for hydroxylation is 1. The van der Waals surface area contributed by atoms with Crippen molar-refractivity contribution < 1.29 is 0 Å². The van der Waals surface area contributed by atoms with Crippen LogP contribution in [0.2, 0.25) is 0 Å². The quantitative estimate of drug-likeness (QED) is 0.731. The second-order valence-corrected chi connectivity index (χ2v) is 3.46. The molecule has 0 radical (unpaired) electrons. The number of anilines is 3. The van der Waals surface area contributed by atoms with E-state index in [0.29, 0.717) is 0 Å². The van der Waals surface area contributed by atoms with Crippen molar-refractivity contribution in [1.82, 2.24) is 4.98 Å². The van der Waals surface area contributed by atoms with Crippen molar-refractivity contribution >= 4 is 17.1 Å². The molecule has 1 aromatic heterocycles. The molecule has 0 aliphatic rings. The lowest BCUT2D eigenvalue weighted by Gasteiger charge is -2.09. The van der Waals surface area contributed by atoms with Crippen LogP contribution in [0.5, 0.6) is 0 Å². The van der Waals surface area contributed by atoms with Crippen LogP contribution in [0.1, 0.15) is 5.56 Å². The fourth-order valence-corrected chi connectivity index (χ4v) is 1.37. The minimum atomic E-state index is 0.740. The van der Waals surface area contributed by atoms with Crippen molar-refractivity contribution in [3.05, 3.63) is 48.3 Å². The molecule has 1 heterocycles. The first-order valence-electron chi connectivity index (χ1n) is 4.79.